The number of aliphatic hydroxyl groups excluding tert-OH is 1. The van der Waals surface area contributed by atoms with Crippen LogP contribution in [0.4, 0.5) is 11.6 Å². The van der Waals surface area contributed by atoms with Crippen LogP contribution in [0.2, 0.25) is 10.0 Å². The number of halogens is 2. The number of hydrogen-bond acceptors (Lipinski definition) is 6. The Kier molecular flexibility index (Phi) is 5.80. The summed E-state index contributed by atoms with van der Waals surface area (Å²) in [5.41, 5.74) is 1.53. The Bertz CT molecular complexity index is 974. The average Bonchev–Trinajstić information content (AvgIpc) is 3.21. The lowest BCUT2D eigenvalue weighted by atomic mass is 10.1. The summed E-state index contributed by atoms with van der Waals surface area (Å²) in [6.45, 7) is 0.499. The first-order valence-corrected chi connectivity index (χ1v) is 10.1. The van der Waals surface area contributed by atoms with Crippen LogP contribution >= 0.6 is 23.2 Å². The lowest BCUT2D eigenvalue weighted by Crippen LogP contribution is -2.16. The maximum absolute atomic E-state index is 8.92. The van der Waals surface area contributed by atoms with Crippen molar-refractivity contribution in [1.29, 1.82) is 0 Å². The smallest absolute Gasteiger partial charge is 0.156 e. The molecule has 0 unspecified atom stereocenters. The summed E-state index contributed by atoms with van der Waals surface area (Å²) in [6.07, 6.45) is 6.47. The Hall–Kier alpha value is -2.15. The molecular formula is C20H21Cl2N5O. The van der Waals surface area contributed by atoms with E-state index in [0.717, 1.165) is 35.0 Å². The number of benzene rings is 1. The fraction of sp³-hybridized carbons (Fsp3) is 0.350. The molecule has 1 fully saturated rings. The maximum atomic E-state index is 8.92. The number of rotatable bonds is 6. The third-order valence-electron chi connectivity index (χ3n) is 4.97. The predicted octanol–water partition coefficient (Wildman–Crippen LogP) is 4.76. The third-order valence-corrected chi connectivity index (χ3v) is 5.69. The number of aromatic nitrogens is 3. The maximum Gasteiger partial charge on any atom is 0.156 e. The van der Waals surface area contributed by atoms with Crippen LogP contribution in [-0.4, -0.2) is 39.5 Å². The van der Waals surface area contributed by atoms with Gasteiger partial charge in [-0.1, -0.05) is 36.0 Å². The lowest BCUT2D eigenvalue weighted by Gasteiger charge is -2.16. The molecule has 6 nitrogen and oxygen atoms in total. The van der Waals surface area contributed by atoms with Crippen molar-refractivity contribution >= 4 is 45.6 Å². The molecule has 2 aromatic heterocycles. The number of nitrogens with one attached hydrogen (secondary N) is 2. The van der Waals surface area contributed by atoms with E-state index >= 15 is 0 Å². The summed E-state index contributed by atoms with van der Waals surface area (Å²) >= 11 is 12.6. The van der Waals surface area contributed by atoms with Gasteiger partial charge in [0.1, 0.15) is 11.5 Å². The van der Waals surface area contributed by atoms with Crippen LogP contribution in [0.15, 0.2) is 30.5 Å². The number of anilines is 2. The van der Waals surface area contributed by atoms with Crippen molar-refractivity contribution in [3.05, 3.63) is 40.5 Å². The summed E-state index contributed by atoms with van der Waals surface area (Å²) in [5, 5.41) is 27.1. The Morgan fingerprint density at radius 2 is 1.79 bits per heavy atom. The molecule has 1 aromatic carbocycles. The van der Waals surface area contributed by atoms with Crippen LogP contribution in [-0.2, 0) is 0 Å². The molecule has 146 valence electrons. The van der Waals surface area contributed by atoms with Crippen LogP contribution in [0.1, 0.15) is 25.7 Å². The zero-order chi connectivity index (χ0) is 19.5. The second-order valence-electron chi connectivity index (χ2n) is 6.92. The van der Waals surface area contributed by atoms with Crippen molar-refractivity contribution in [2.45, 2.75) is 31.7 Å². The second-order valence-corrected chi connectivity index (χ2v) is 7.73. The highest BCUT2D eigenvalue weighted by molar-refractivity contribution is 6.43. The molecule has 0 saturated heterocycles. The number of hydrogen-bond donors (Lipinski definition) is 3. The first-order chi connectivity index (χ1) is 13.7. The fourth-order valence-corrected chi connectivity index (χ4v) is 3.88. The summed E-state index contributed by atoms with van der Waals surface area (Å²) in [4.78, 5) is 4.38. The standard InChI is InChI=1S/C20H21Cl2N5O/c21-16-9-14-15(10-17(16)22)20(25-13-3-1-2-4-13)27-26-19(14)12-5-6-18(24-11-12)23-7-8-28/h5-6,9-11,13,28H,1-4,7-8H2,(H,23,24)(H,25,27). The Labute approximate surface area is 173 Å². The number of pyridine rings is 1. The summed E-state index contributed by atoms with van der Waals surface area (Å²) in [7, 11) is 0. The minimum atomic E-state index is 0.0499. The Balaban J connectivity index is 1.75. The van der Waals surface area contributed by atoms with Gasteiger partial charge in [-0.15, -0.1) is 10.2 Å². The largest absolute Gasteiger partial charge is 0.395 e. The predicted molar refractivity (Wildman–Crippen MR) is 114 cm³/mol. The van der Waals surface area contributed by atoms with E-state index in [-0.39, 0.29) is 6.61 Å². The minimum absolute atomic E-state index is 0.0499. The molecular weight excluding hydrogens is 397 g/mol. The zero-order valence-corrected chi connectivity index (χ0v) is 16.8. The van der Waals surface area contributed by atoms with E-state index in [0.29, 0.717) is 34.1 Å². The van der Waals surface area contributed by atoms with Gasteiger partial charge in [0.05, 0.1) is 16.7 Å². The fourth-order valence-electron chi connectivity index (χ4n) is 3.55. The lowest BCUT2D eigenvalue weighted by molar-refractivity contribution is 0.311. The second kappa shape index (κ2) is 8.47. The average molecular weight is 418 g/mol. The Morgan fingerprint density at radius 3 is 2.46 bits per heavy atom. The molecule has 1 aliphatic carbocycles. The van der Waals surface area contributed by atoms with Gasteiger partial charge >= 0.3 is 0 Å². The van der Waals surface area contributed by atoms with E-state index in [4.69, 9.17) is 28.3 Å². The van der Waals surface area contributed by atoms with E-state index in [1.807, 2.05) is 24.3 Å². The van der Waals surface area contributed by atoms with Crippen molar-refractivity contribution in [2.24, 2.45) is 0 Å². The van der Waals surface area contributed by atoms with E-state index in [9.17, 15) is 0 Å². The molecule has 0 aliphatic heterocycles. The summed E-state index contributed by atoms with van der Waals surface area (Å²) in [6, 6.07) is 7.86. The van der Waals surface area contributed by atoms with E-state index in [2.05, 4.69) is 25.8 Å². The zero-order valence-electron chi connectivity index (χ0n) is 15.3. The van der Waals surface area contributed by atoms with Gasteiger partial charge < -0.3 is 15.7 Å². The first-order valence-electron chi connectivity index (χ1n) is 9.39. The monoisotopic (exact) mass is 417 g/mol. The van der Waals surface area contributed by atoms with Crippen LogP contribution in [0, 0.1) is 0 Å². The van der Waals surface area contributed by atoms with Crippen molar-refractivity contribution < 1.29 is 5.11 Å². The van der Waals surface area contributed by atoms with E-state index < -0.39 is 0 Å². The van der Waals surface area contributed by atoms with Crippen LogP contribution in [0.3, 0.4) is 0 Å². The van der Waals surface area contributed by atoms with Gasteiger partial charge in [-0.05, 0) is 37.1 Å². The van der Waals surface area contributed by atoms with Gasteiger partial charge in [0, 0.05) is 35.1 Å². The van der Waals surface area contributed by atoms with Gasteiger partial charge in [-0.25, -0.2) is 4.98 Å². The van der Waals surface area contributed by atoms with Gasteiger partial charge in [-0.3, -0.25) is 0 Å². The molecule has 0 atom stereocenters. The van der Waals surface area contributed by atoms with Crippen molar-refractivity contribution in [3.8, 4) is 11.3 Å². The molecule has 1 saturated carbocycles. The van der Waals surface area contributed by atoms with Crippen LogP contribution in [0.5, 0.6) is 0 Å². The molecule has 0 radical (unpaired) electrons. The summed E-state index contributed by atoms with van der Waals surface area (Å²) in [5.74, 6) is 1.43. The van der Waals surface area contributed by atoms with Gasteiger partial charge in [0.25, 0.3) is 0 Å². The molecule has 4 rings (SSSR count). The molecule has 8 heteroatoms. The van der Waals surface area contributed by atoms with Crippen molar-refractivity contribution in [1.82, 2.24) is 15.2 Å². The molecule has 28 heavy (non-hydrogen) atoms. The number of aliphatic hydroxyl groups is 1. The number of fused-ring (bicyclic) bond motifs is 1. The molecule has 3 N–H and O–H groups in total. The van der Waals surface area contributed by atoms with Crippen molar-refractivity contribution in [3.63, 3.8) is 0 Å². The normalized spacial score (nSPS) is 14.5. The topological polar surface area (TPSA) is 83.0 Å². The van der Waals surface area contributed by atoms with Crippen molar-refractivity contribution in [2.75, 3.05) is 23.8 Å². The molecule has 0 bridgehead atoms. The summed E-state index contributed by atoms with van der Waals surface area (Å²) < 4.78 is 0. The van der Waals surface area contributed by atoms with E-state index in [1.54, 1.807) is 6.20 Å². The van der Waals surface area contributed by atoms with Crippen LogP contribution in [0.25, 0.3) is 22.0 Å². The highest BCUT2D eigenvalue weighted by atomic mass is 35.5. The highest BCUT2D eigenvalue weighted by Gasteiger charge is 2.19. The van der Waals surface area contributed by atoms with Gasteiger partial charge in [-0.2, -0.15) is 0 Å². The molecule has 2 heterocycles. The molecule has 1 aliphatic rings. The first kappa shape index (κ1) is 19.2. The quantitative estimate of drug-likeness (QED) is 0.536. The van der Waals surface area contributed by atoms with Gasteiger partial charge in [0.15, 0.2) is 5.82 Å². The van der Waals surface area contributed by atoms with Crippen LogP contribution < -0.4 is 10.6 Å². The minimum Gasteiger partial charge on any atom is -0.395 e. The van der Waals surface area contributed by atoms with Gasteiger partial charge in [0.2, 0.25) is 0 Å². The molecule has 0 amide bonds. The Morgan fingerprint density at radius 1 is 1.04 bits per heavy atom. The number of nitrogens with zero attached hydrogens (tertiary/aromatic N) is 3. The molecule has 0 spiro atoms. The van der Waals surface area contributed by atoms with E-state index in [1.165, 1.54) is 12.8 Å². The third kappa shape index (κ3) is 3.99. The molecule has 3 aromatic rings. The highest BCUT2D eigenvalue weighted by Crippen LogP contribution is 2.36. The SMILES string of the molecule is OCCNc1ccc(-c2nnc(NC3CCCC3)c3cc(Cl)c(Cl)cc23)cn1.